The molecule has 0 aliphatic rings. The number of nitrogens with zero attached hydrogens (tertiary/aromatic N) is 1. The molecule has 0 aliphatic heterocycles. The zero-order valence-corrected chi connectivity index (χ0v) is 9.28. The highest BCUT2D eigenvalue weighted by Crippen LogP contribution is 2.30. The summed E-state index contributed by atoms with van der Waals surface area (Å²) in [5, 5.41) is 0.953. The Hall–Kier alpha value is -1.81. The molecule has 2 rings (SSSR count). The number of amides is 1. The molecule has 5 heteroatoms. The number of rotatable bonds is 2. The third-order valence-electron chi connectivity index (χ3n) is 2.28. The third kappa shape index (κ3) is 1.57. The summed E-state index contributed by atoms with van der Waals surface area (Å²) in [4.78, 5) is 15.2. The van der Waals surface area contributed by atoms with Gasteiger partial charge in [-0.15, -0.1) is 0 Å². The number of pyridine rings is 1. The van der Waals surface area contributed by atoms with Crippen LogP contribution in [-0.4, -0.2) is 18.0 Å². The average molecular weight is 237 g/mol. The second kappa shape index (κ2) is 3.98. The van der Waals surface area contributed by atoms with E-state index in [0.29, 0.717) is 21.7 Å². The zero-order valence-electron chi connectivity index (χ0n) is 8.53. The minimum absolute atomic E-state index is 0.211. The highest BCUT2D eigenvalue weighted by atomic mass is 35.5. The molecule has 0 fully saturated rings. The first-order valence-corrected chi connectivity index (χ1v) is 4.94. The molecule has 2 aromatic rings. The van der Waals surface area contributed by atoms with Gasteiger partial charge in [0.1, 0.15) is 11.3 Å². The van der Waals surface area contributed by atoms with Gasteiger partial charge in [0.05, 0.1) is 17.7 Å². The molecule has 0 bridgehead atoms. The van der Waals surface area contributed by atoms with E-state index in [2.05, 4.69) is 4.98 Å². The number of hydrogen-bond acceptors (Lipinski definition) is 3. The standard InChI is InChI=1S/C11H9ClN2O2/c1-16-8-4-2-3-6-9(12)7(11(13)15)5-14-10(6)8/h2-5H,1H3,(H2,13,15). The number of benzene rings is 1. The van der Waals surface area contributed by atoms with E-state index >= 15 is 0 Å². The third-order valence-corrected chi connectivity index (χ3v) is 2.69. The number of aromatic nitrogens is 1. The van der Waals surface area contributed by atoms with Crippen molar-refractivity contribution >= 4 is 28.4 Å². The Balaban J connectivity index is 2.81. The Kier molecular flexibility index (Phi) is 2.66. The Bertz CT molecular complexity index is 569. The van der Waals surface area contributed by atoms with Crippen molar-refractivity contribution in [3.8, 4) is 5.75 Å². The maximum Gasteiger partial charge on any atom is 0.251 e. The molecule has 0 spiro atoms. The van der Waals surface area contributed by atoms with E-state index in [9.17, 15) is 4.79 Å². The topological polar surface area (TPSA) is 65.2 Å². The van der Waals surface area contributed by atoms with Crippen molar-refractivity contribution < 1.29 is 9.53 Å². The van der Waals surface area contributed by atoms with E-state index in [-0.39, 0.29) is 5.56 Å². The normalized spacial score (nSPS) is 10.4. The minimum Gasteiger partial charge on any atom is -0.494 e. The lowest BCUT2D eigenvalue weighted by Crippen LogP contribution is -2.12. The van der Waals surface area contributed by atoms with Gasteiger partial charge in [-0.3, -0.25) is 9.78 Å². The molecule has 1 amide bonds. The lowest BCUT2D eigenvalue weighted by Gasteiger charge is -2.07. The summed E-state index contributed by atoms with van der Waals surface area (Å²) in [6.07, 6.45) is 1.36. The quantitative estimate of drug-likeness (QED) is 0.867. The second-order valence-electron chi connectivity index (χ2n) is 3.21. The van der Waals surface area contributed by atoms with Crippen molar-refractivity contribution in [3.05, 3.63) is 35.0 Å². The fourth-order valence-electron chi connectivity index (χ4n) is 1.50. The van der Waals surface area contributed by atoms with E-state index in [4.69, 9.17) is 22.1 Å². The lowest BCUT2D eigenvalue weighted by molar-refractivity contribution is 0.100. The Morgan fingerprint density at radius 3 is 2.88 bits per heavy atom. The summed E-state index contributed by atoms with van der Waals surface area (Å²) in [6, 6.07) is 5.31. The molecule has 4 nitrogen and oxygen atoms in total. The van der Waals surface area contributed by atoms with Crippen LogP contribution in [0.5, 0.6) is 5.75 Å². The molecule has 0 unspecified atom stereocenters. The highest BCUT2D eigenvalue weighted by Gasteiger charge is 2.13. The number of para-hydroxylation sites is 1. The number of halogens is 1. The first-order chi connectivity index (χ1) is 7.65. The van der Waals surface area contributed by atoms with Gasteiger partial charge in [0.15, 0.2) is 0 Å². The number of hydrogen-bond donors (Lipinski definition) is 1. The molecule has 2 N–H and O–H groups in total. The van der Waals surface area contributed by atoms with Crippen LogP contribution in [0.25, 0.3) is 10.9 Å². The number of methoxy groups -OCH3 is 1. The second-order valence-corrected chi connectivity index (χ2v) is 3.58. The molecular weight excluding hydrogens is 228 g/mol. The van der Waals surface area contributed by atoms with Gasteiger partial charge < -0.3 is 10.5 Å². The largest absolute Gasteiger partial charge is 0.494 e. The molecule has 0 radical (unpaired) electrons. The fraction of sp³-hybridized carbons (Fsp3) is 0.0909. The van der Waals surface area contributed by atoms with Gasteiger partial charge in [0, 0.05) is 11.6 Å². The van der Waals surface area contributed by atoms with Crippen LogP contribution in [0.4, 0.5) is 0 Å². The number of carbonyl (C=O) groups excluding carboxylic acids is 1. The average Bonchev–Trinajstić information content (AvgIpc) is 2.28. The van der Waals surface area contributed by atoms with Crippen LogP contribution in [0.3, 0.4) is 0 Å². The zero-order chi connectivity index (χ0) is 11.7. The molecule has 0 atom stereocenters. The maximum absolute atomic E-state index is 11.1. The molecule has 82 valence electrons. The van der Waals surface area contributed by atoms with Crippen molar-refractivity contribution in [2.24, 2.45) is 5.73 Å². The van der Waals surface area contributed by atoms with Crippen LogP contribution >= 0.6 is 11.6 Å². The summed E-state index contributed by atoms with van der Waals surface area (Å²) in [7, 11) is 1.55. The fourth-order valence-corrected chi connectivity index (χ4v) is 1.79. The van der Waals surface area contributed by atoms with Gasteiger partial charge in [0.2, 0.25) is 0 Å². The SMILES string of the molecule is COc1cccc2c(Cl)c(C(N)=O)cnc12. The number of fused-ring (bicyclic) bond motifs is 1. The van der Waals surface area contributed by atoms with E-state index < -0.39 is 5.91 Å². The van der Waals surface area contributed by atoms with Crippen LogP contribution in [0.15, 0.2) is 24.4 Å². The van der Waals surface area contributed by atoms with E-state index in [1.165, 1.54) is 6.20 Å². The van der Waals surface area contributed by atoms with Gasteiger partial charge in [-0.05, 0) is 6.07 Å². The number of nitrogens with two attached hydrogens (primary N) is 1. The molecule has 16 heavy (non-hydrogen) atoms. The van der Waals surface area contributed by atoms with Crippen molar-refractivity contribution in [1.82, 2.24) is 4.98 Å². The molecule has 0 saturated carbocycles. The monoisotopic (exact) mass is 236 g/mol. The van der Waals surface area contributed by atoms with Gasteiger partial charge in [0.25, 0.3) is 5.91 Å². The maximum atomic E-state index is 11.1. The van der Waals surface area contributed by atoms with Crippen LogP contribution in [0.2, 0.25) is 5.02 Å². The molecule has 0 saturated heterocycles. The number of carbonyl (C=O) groups is 1. The Labute approximate surface area is 97.0 Å². The van der Waals surface area contributed by atoms with Crippen molar-refractivity contribution in [2.75, 3.05) is 7.11 Å². The van der Waals surface area contributed by atoms with Crippen molar-refractivity contribution in [3.63, 3.8) is 0 Å². The van der Waals surface area contributed by atoms with Gasteiger partial charge in [-0.25, -0.2) is 0 Å². The van der Waals surface area contributed by atoms with Crippen molar-refractivity contribution in [2.45, 2.75) is 0 Å². The first kappa shape index (κ1) is 10.7. The molecular formula is C11H9ClN2O2. The van der Waals surface area contributed by atoms with Gasteiger partial charge in [-0.1, -0.05) is 23.7 Å². The Morgan fingerprint density at radius 2 is 2.25 bits per heavy atom. The molecule has 1 heterocycles. The lowest BCUT2D eigenvalue weighted by atomic mass is 10.1. The van der Waals surface area contributed by atoms with E-state index in [1.807, 2.05) is 0 Å². The van der Waals surface area contributed by atoms with Crippen molar-refractivity contribution in [1.29, 1.82) is 0 Å². The van der Waals surface area contributed by atoms with Crippen LogP contribution in [0, 0.1) is 0 Å². The summed E-state index contributed by atoms with van der Waals surface area (Å²) in [5.74, 6) is 0.0117. The predicted octanol–water partition coefficient (Wildman–Crippen LogP) is 2.00. The van der Waals surface area contributed by atoms with Crippen LogP contribution in [0.1, 0.15) is 10.4 Å². The van der Waals surface area contributed by atoms with E-state index in [1.54, 1.807) is 25.3 Å². The Morgan fingerprint density at radius 1 is 1.50 bits per heavy atom. The van der Waals surface area contributed by atoms with Crippen LogP contribution in [-0.2, 0) is 0 Å². The number of ether oxygens (including phenoxy) is 1. The summed E-state index contributed by atoms with van der Waals surface area (Å²) in [6.45, 7) is 0. The summed E-state index contributed by atoms with van der Waals surface area (Å²) < 4.78 is 5.15. The van der Waals surface area contributed by atoms with Gasteiger partial charge >= 0.3 is 0 Å². The molecule has 1 aromatic carbocycles. The smallest absolute Gasteiger partial charge is 0.251 e. The highest BCUT2D eigenvalue weighted by molar-refractivity contribution is 6.38. The summed E-state index contributed by atoms with van der Waals surface area (Å²) in [5.41, 5.74) is 6.00. The predicted molar refractivity (Wildman–Crippen MR) is 61.8 cm³/mol. The molecule has 0 aliphatic carbocycles. The van der Waals surface area contributed by atoms with E-state index in [0.717, 1.165) is 0 Å². The molecule has 1 aromatic heterocycles. The number of primary amides is 1. The van der Waals surface area contributed by atoms with Crippen LogP contribution < -0.4 is 10.5 Å². The summed E-state index contributed by atoms with van der Waals surface area (Å²) >= 11 is 6.07. The first-order valence-electron chi connectivity index (χ1n) is 4.56. The van der Waals surface area contributed by atoms with Gasteiger partial charge in [-0.2, -0.15) is 0 Å². The minimum atomic E-state index is -0.595.